The summed E-state index contributed by atoms with van der Waals surface area (Å²) in [7, 11) is -4.40. The fourth-order valence-electron chi connectivity index (χ4n) is 2.79. The molecule has 2 aromatic rings. The number of hydrogen-bond acceptors (Lipinski definition) is 8. The highest BCUT2D eigenvalue weighted by Gasteiger charge is 2.31. The lowest BCUT2D eigenvalue weighted by Gasteiger charge is -2.21. The van der Waals surface area contributed by atoms with Crippen LogP contribution in [0, 0.1) is 21.8 Å². The Kier molecular flexibility index (Phi) is 9.04. The third-order valence-electron chi connectivity index (χ3n) is 4.43. The van der Waals surface area contributed by atoms with E-state index in [1.54, 1.807) is 6.92 Å². The van der Waals surface area contributed by atoms with E-state index >= 15 is 0 Å². The van der Waals surface area contributed by atoms with Gasteiger partial charge in [-0.2, -0.15) is 4.72 Å². The predicted molar refractivity (Wildman–Crippen MR) is 119 cm³/mol. The average molecular weight is 498 g/mol. The molecule has 0 unspecified atom stereocenters. The molecule has 0 fully saturated rings. The molecule has 0 saturated heterocycles. The van der Waals surface area contributed by atoms with Crippen molar-refractivity contribution < 1.29 is 36.8 Å². The number of sulfonamides is 1. The smallest absolute Gasteiger partial charge is 0.324 e. The summed E-state index contributed by atoms with van der Waals surface area (Å²) in [4.78, 5) is 34.6. The third kappa shape index (κ3) is 6.96. The number of hydrogen-bond donors (Lipinski definition) is 2. The SMILES string of the molecule is CCOc1ccc(NC(=O)COC(=O)[C@@H](NS(=O)(=O)c2ccccc2F)C(C)C)c([N+](=O)[O-])c1. The van der Waals surface area contributed by atoms with Crippen molar-refractivity contribution >= 4 is 33.3 Å². The molecule has 11 nitrogen and oxygen atoms in total. The molecule has 13 heteroatoms. The summed E-state index contributed by atoms with van der Waals surface area (Å²) in [5, 5.41) is 13.6. The van der Waals surface area contributed by atoms with E-state index in [-0.39, 0.29) is 18.0 Å². The van der Waals surface area contributed by atoms with Gasteiger partial charge in [-0.1, -0.05) is 26.0 Å². The fourth-order valence-corrected chi connectivity index (χ4v) is 4.20. The van der Waals surface area contributed by atoms with Crippen LogP contribution in [0.2, 0.25) is 0 Å². The van der Waals surface area contributed by atoms with Crippen molar-refractivity contribution in [3.63, 3.8) is 0 Å². The zero-order valence-corrected chi connectivity index (χ0v) is 19.4. The van der Waals surface area contributed by atoms with E-state index in [1.807, 2.05) is 0 Å². The molecule has 0 aromatic heterocycles. The van der Waals surface area contributed by atoms with Crippen LogP contribution in [0.3, 0.4) is 0 Å². The number of benzene rings is 2. The van der Waals surface area contributed by atoms with E-state index in [0.717, 1.165) is 18.2 Å². The second kappa shape index (κ2) is 11.5. The van der Waals surface area contributed by atoms with Gasteiger partial charge in [-0.25, -0.2) is 12.8 Å². The van der Waals surface area contributed by atoms with E-state index in [9.17, 15) is 32.5 Å². The van der Waals surface area contributed by atoms with Crippen LogP contribution in [0.1, 0.15) is 20.8 Å². The van der Waals surface area contributed by atoms with Crippen molar-refractivity contribution in [1.82, 2.24) is 4.72 Å². The molecule has 34 heavy (non-hydrogen) atoms. The number of nitro groups is 1. The zero-order chi connectivity index (χ0) is 25.5. The number of ether oxygens (including phenoxy) is 2. The summed E-state index contributed by atoms with van der Waals surface area (Å²) in [5.41, 5.74) is -0.571. The number of esters is 1. The first-order chi connectivity index (χ1) is 16.0. The van der Waals surface area contributed by atoms with Crippen LogP contribution in [-0.4, -0.2) is 44.5 Å². The summed E-state index contributed by atoms with van der Waals surface area (Å²) in [5.74, 6) is -3.33. The normalized spacial score (nSPS) is 12.1. The summed E-state index contributed by atoms with van der Waals surface area (Å²) < 4.78 is 51.1. The van der Waals surface area contributed by atoms with Crippen LogP contribution in [0.5, 0.6) is 5.75 Å². The van der Waals surface area contributed by atoms with Crippen molar-refractivity contribution in [3.05, 3.63) is 58.4 Å². The van der Waals surface area contributed by atoms with Crippen LogP contribution in [0.15, 0.2) is 47.4 Å². The van der Waals surface area contributed by atoms with E-state index in [0.29, 0.717) is 0 Å². The number of anilines is 1. The number of nitrogens with one attached hydrogen (secondary N) is 2. The van der Waals surface area contributed by atoms with Crippen LogP contribution >= 0.6 is 0 Å². The lowest BCUT2D eigenvalue weighted by molar-refractivity contribution is -0.384. The van der Waals surface area contributed by atoms with Gasteiger partial charge in [0.25, 0.3) is 11.6 Å². The Morgan fingerprint density at radius 3 is 2.44 bits per heavy atom. The average Bonchev–Trinajstić information content (AvgIpc) is 2.77. The third-order valence-corrected chi connectivity index (χ3v) is 5.90. The molecule has 0 radical (unpaired) electrons. The number of amides is 1. The topological polar surface area (TPSA) is 154 Å². The highest BCUT2D eigenvalue weighted by molar-refractivity contribution is 7.89. The Labute approximate surface area is 195 Å². The molecule has 0 aliphatic rings. The summed E-state index contributed by atoms with van der Waals surface area (Å²) >= 11 is 0. The molecule has 0 aliphatic carbocycles. The summed E-state index contributed by atoms with van der Waals surface area (Å²) in [6, 6.07) is 7.04. The molecule has 0 bridgehead atoms. The second-order valence-electron chi connectivity index (χ2n) is 7.30. The number of carbonyl (C=O) groups excluding carboxylic acids is 2. The lowest BCUT2D eigenvalue weighted by atomic mass is 10.1. The molecule has 1 atom stereocenters. The van der Waals surface area contributed by atoms with Gasteiger partial charge in [0.15, 0.2) is 6.61 Å². The van der Waals surface area contributed by atoms with Gasteiger partial charge < -0.3 is 14.8 Å². The Morgan fingerprint density at radius 1 is 1.18 bits per heavy atom. The molecule has 0 aliphatic heterocycles. The molecule has 0 heterocycles. The maximum Gasteiger partial charge on any atom is 0.324 e. The lowest BCUT2D eigenvalue weighted by Crippen LogP contribution is -2.46. The Hall–Kier alpha value is -3.58. The molecule has 184 valence electrons. The first kappa shape index (κ1) is 26.7. The van der Waals surface area contributed by atoms with E-state index < -0.39 is 61.8 Å². The number of carbonyl (C=O) groups is 2. The largest absolute Gasteiger partial charge is 0.494 e. The van der Waals surface area contributed by atoms with Crippen molar-refractivity contribution in [3.8, 4) is 5.75 Å². The standard InChI is InChI=1S/C21H24FN3O8S/c1-4-32-14-9-10-16(17(11-14)25(28)29)23-19(26)12-33-21(27)20(13(2)3)24-34(30,31)18-8-6-5-7-15(18)22/h5-11,13,20,24H,4,12H2,1-3H3,(H,23,26)/t20-/m0/s1. The number of nitro benzene ring substituents is 1. The van der Waals surface area contributed by atoms with Gasteiger partial charge >= 0.3 is 5.97 Å². The van der Waals surface area contributed by atoms with Gasteiger partial charge in [-0.05, 0) is 37.1 Å². The number of halogens is 1. The monoisotopic (exact) mass is 497 g/mol. The zero-order valence-electron chi connectivity index (χ0n) is 18.6. The molecule has 0 saturated carbocycles. The predicted octanol–water partition coefficient (Wildman–Crippen LogP) is 2.62. The van der Waals surface area contributed by atoms with Gasteiger partial charge in [0.2, 0.25) is 10.0 Å². The minimum absolute atomic E-state index is 0.143. The van der Waals surface area contributed by atoms with Gasteiger partial charge in [0.05, 0.1) is 17.6 Å². The Bertz CT molecular complexity index is 1170. The van der Waals surface area contributed by atoms with Crippen molar-refractivity contribution in [1.29, 1.82) is 0 Å². The van der Waals surface area contributed by atoms with Crippen LogP contribution < -0.4 is 14.8 Å². The Balaban J connectivity index is 2.07. The van der Waals surface area contributed by atoms with Gasteiger partial charge in [0, 0.05) is 0 Å². The van der Waals surface area contributed by atoms with Gasteiger partial charge in [-0.15, -0.1) is 0 Å². The molecular formula is C21H24FN3O8S. The van der Waals surface area contributed by atoms with Gasteiger partial charge in [-0.3, -0.25) is 19.7 Å². The van der Waals surface area contributed by atoms with Crippen molar-refractivity contribution in [2.75, 3.05) is 18.5 Å². The van der Waals surface area contributed by atoms with Crippen molar-refractivity contribution in [2.45, 2.75) is 31.7 Å². The maximum absolute atomic E-state index is 13.9. The molecule has 2 N–H and O–H groups in total. The fraction of sp³-hybridized carbons (Fsp3) is 0.333. The highest BCUT2D eigenvalue weighted by Crippen LogP contribution is 2.29. The van der Waals surface area contributed by atoms with E-state index in [1.165, 1.54) is 38.1 Å². The molecule has 0 spiro atoms. The molecule has 2 aromatic carbocycles. The highest BCUT2D eigenvalue weighted by atomic mass is 32.2. The quantitative estimate of drug-likeness (QED) is 0.273. The first-order valence-corrected chi connectivity index (χ1v) is 11.6. The summed E-state index contributed by atoms with van der Waals surface area (Å²) in [6.45, 7) is 4.21. The molecular weight excluding hydrogens is 473 g/mol. The van der Waals surface area contributed by atoms with E-state index in [4.69, 9.17) is 9.47 Å². The van der Waals surface area contributed by atoms with Gasteiger partial charge in [0.1, 0.15) is 28.2 Å². The minimum atomic E-state index is -4.40. The summed E-state index contributed by atoms with van der Waals surface area (Å²) in [6.07, 6.45) is 0. The van der Waals surface area contributed by atoms with Crippen LogP contribution in [0.4, 0.5) is 15.8 Å². The Morgan fingerprint density at radius 2 is 1.85 bits per heavy atom. The number of nitrogens with zero attached hydrogens (tertiary/aromatic N) is 1. The van der Waals surface area contributed by atoms with Crippen molar-refractivity contribution in [2.24, 2.45) is 5.92 Å². The number of rotatable bonds is 11. The van der Waals surface area contributed by atoms with Crippen LogP contribution in [-0.2, 0) is 24.3 Å². The van der Waals surface area contributed by atoms with Crippen LogP contribution in [0.25, 0.3) is 0 Å². The first-order valence-electron chi connectivity index (χ1n) is 10.1. The maximum atomic E-state index is 13.9. The second-order valence-corrected chi connectivity index (χ2v) is 8.98. The minimum Gasteiger partial charge on any atom is -0.494 e. The molecule has 1 amide bonds. The molecule has 2 rings (SSSR count). The van der Waals surface area contributed by atoms with E-state index in [2.05, 4.69) is 10.0 Å².